The van der Waals surface area contributed by atoms with Gasteiger partial charge in [0.1, 0.15) is 0 Å². The molecule has 94 valence electrons. The molecule has 0 radical (unpaired) electrons. The van der Waals surface area contributed by atoms with E-state index in [0.29, 0.717) is 6.54 Å². The van der Waals surface area contributed by atoms with Crippen molar-refractivity contribution >= 4 is 5.91 Å². The lowest BCUT2D eigenvalue weighted by atomic mass is 10.0. The van der Waals surface area contributed by atoms with Crippen LogP contribution in [0.25, 0.3) is 0 Å². The first-order valence-electron chi connectivity index (χ1n) is 6.11. The molecule has 1 rings (SSSR count). The van der Waals surface area contributed by atoms with E-state index in [1.165, 1.54) is 0 Å². The fraction of sp³-hybridized carbons (Fsp3) is 0.917. The third-order valence-corrected chi connectivity index (χ3v) is 3.35. The third kappa shape index (κ3) is 2.95. The molecular weight excluding hydrogens is 204 g/mol. The Kier molecular flexibility index (Phi) is 4.33. The Labute approximate surface area is 98.0 Å². The Balaban J connectivity index is 2.57. The molecule has 2 atom stereocenters. The molecule has 0 aliphatic carbocycles. The lowest BCUT2D eigenvalue weighted by Gasteiger charge is -2.30. The number of likely N-dealkylation sites (tertiary alicyclic amines) is 1. The Hall–Kier alpha value is -0.610. The SMILES string of the molecule is CCNC(C)(C)C(=O)N1CCC(C(C)O)C1. The van der Waals surface area contributed by atoms with Crippen LogP contribution in [0.5, 0.6) is 0 Å². The van der Waals surface area contributed by atoms with E-state index in [1.807, 2.05) is 25.7 Å². The quantitative estimate of drug-likeness (QED) is 0.741. The van der Waals surface area contributed by atoms with Crippen molar-refractivity contribution in [2.24, 2.45) is 5.92 Å². The van der Waals surface area contributed by atoms with Gasteiger partial charge >= 0.3 is 0 Å². The number of carbonyl (C=O) groups excluding carboxylic acids is 1. The number of amides is 1. The van der Waals surface area contributed by atoms with Gasteiger partial charge in [-0.05, 0) is 33.7 Å². The van der Waals surface area contributed by atoms with Crippen LogP contribution < -0.4 is 5.32 Å². The Morgan fingerprint density at radius 1 is 1.62 bits per heavy atom. The van der Waals surface area contributed by atoms with Crippen LogP contribution in [0, 0.1) is 5.92 Å². The highest BCUT2D eigenvalue weighted by Gasteiger charge is 2.36. The maximum atomic E-state index is 12.2. The fourth-order valence-corrected chi connectivity index (χ4v) is 2.28. The summed E-state index contributed by atoms with van der Waals surface area (Å²) in [5.74, 6) is 0.374. The van der Waals surface area contributed by atoms with Crippen LogP contribution in [0.15, 0.2) is 0 Å². The predicted octanol–water partition coefficient (Wildman–Crippen LogP) is 0.604. The van der Waals surface area contributed by atoms with Crippen LogP contribution in [0.3, 0.4) is 0 Å². The predicted molar refractivity (Wildman–Crippen MR) is 64.1 cm³/mol. The molecule has 4 heteroatoms. The van der Waals surface area contributed by atoms with Crippen LogP contribution >= 0.6 is 0 Å². The molecule has 0 bridgehead atoms. The summed E-state index contributed by atoms with van der Waals surface area (Å²) in [5.41, 5.74) is -0.498. The van der Waals surface area contributed by atoms with E-state index in [9.17, 15) is 9.90 Å². The van der Waals surface area contributed by atoms with Crippen LogP contribution in [-0.2, 0) is 4.79 Å². The number of hydrogen-bond acceptors (Lipinski definition) is 3. The molecule has 2 N–H and O–H groups in total. The molecule has 1 heterocycles. The van der Waals surface area contributed by atoms with Crippen LogP contribution in [0.1, 0.15) is 34.1 Å². The van der Waals surface area contributed by atoms with E-state index < -0.39 is 5.54 Å². The van der Waals surface area contributed by atoms with E-state index in [2.05, 4.69) is 5.32 Å². The summed E-state index contributed by atoms with van der Waals surface area (Å²) in [6.45, 7) is 9.86. The molecule has 2 unspecified atom stereocenters. The van der Waals surface area contributed by atoms with Gasteiger partial charge < -0.3 is 15.3 Å². The number of nitrogens with one attached hydrogen (secondary N) is 1. The Bertz CT molecular complexity index is 251. The van der Waals surface area contributed by atoms with Gasteiger partial charge in [-0.2, -0.15) is 0 Å². The van der Waals surface area contributed by atoms with Crippen molar-refractivity contribution in [3.63, 3.8) is 0 Å². The molecule has 0 aromatic carbocycles. The summed E-state index contributed by atoms with van der Waals surface area (Å²) >= 11 is 0. The molecule has 0 aromatic rings. The van der Waals surface area contributed by atoms with Crippen LogP contribution in [0.4, 0.5) is 0 Å². The Morgan fingerprint density at radius 3 is 2.69 bits per heavy atom. The van der Waals surface area contributed by atoms with E-state index in [1.54, 1.807) is 6.92 Å². The maximum absolute atomic E-state index is 12.2. The average molecular weight is 228 g/mol. The summed E-state index contributed by atoms with van der Waals surface area (Å²) in [7, 11) is 0. The molecule has 16 heavy (non-hydrogen) atoms. The molecule has 1 fully saturated rings. The molecule has 1 saturated heterocycles. The zero-order valence-corrected chi connectivity index (χ0v) is 10.8. The molecule has 1 aliphatic rings. The van der Waals surface area contributed by atoms with E-state index in [-0.39, 0.29) is 17.9 Å². The number of aliphatic hydroxyl groups excluding tert-OH is 1. The molecule has 0 aromatic heterocycles. The van der Waals surface area contributed by atoms with Crippen molar-refractivity contribution in [2.45, 2.75) is 45.8 Å². The van der Waals surface area contributed by atoms with Gasteiger partial charge in [0.2, 0.25) is 5.91 Å². The highest BCUT2D eigenvalue weighted by atomic mass is 16.3. The maximum Gasteiger partial charge on any atom is 0.242 e. The summed E-state index contributed by atoms with van der Waals surface area (Å²) in [6.07, 6.45) is 0.589. The van der Waals surface area contributed by atoms with Gasteiger partial charge in [0.05, 0.1) is 11.6 Å². The van der Waals surface area contributed by atoms with Crippen molar-refractivity contribution in [1.29, 1.82) is 0 Å². The van der Waals surface area contributed by atoms with Crippen molar-refractivity contribution in [1.82, 2.24) is 10.2 Å². The van der Waals surface area contributed by atoms with Gasteiger partial charge in [0.15, 0.2) is 0 Å². The minimum absolute atomic E-state index is 0.137. The monoisotopic (exact) mass is 228 g/mol. The summed E-state index contributed by atoms with van der Waals surface area (Å²) in [6, 6.07) is 0. The highest BCUT2D eigenvalue weighted by molar-refractivity contribution is 5.85. The van der Waals surface area contributed by atoms with E-state index in [4.69, 9.17) is 0 Å². The topological polar surface area (TPSA) is 52.6 Å². The van der Waals surface area contributed by atoms with Crippen molar-refractivity contribution < 1.29 is 9.90 Å². The van der Waals surface area contributed by atoms with Gasteiger partial charge in [0.25, 0.3) is 0 Å². The lowest BCUT2D eigenvalue weighted by Crippen LogP contribution is -2.53. The van der Waals surface area contributed by atoms with E-state index >= 15 is 0 Å². The van der Waals surface area contributed by atoms with Crippen LogP contribution in [-0.4, -0.2) is 47.2 Å². The summed E-state index contributed by atoms with van der Waals surface area (Å²) < 4.78 is 0. The smallest absolute Gasteiger partial charge is 0.242 e. The molecule has 0 saturated carbocycles. The molecule has 4 nitrogen and oxygen atoms in total. The normalized spacial score (nSPS) is 23.6. The minimum atomic E-state index is -0.498. The van der Waals surface area contributed by atoms with Gasteiger partial charge in [-0.15, -0.1) is 0 Å². The number of rotatable bonds is 4. The number of carbonyl (C=O) groups is 1. The van der Waals surface area contributed by atoms with Crippen molar-refractivity contribution in [3.8, 4) is 0 Å². The van der Waals surface area contributed by atoms with Gasteiger partial charge in [0, 0.05) is 19.0 Å². The first kappa shape index (κ1) is 13.5. The third-order valence-electron chi connectivity index (χ3n) is 3.35. The van der Waals surface area contributed by atoms with Gasteiger partial charge in [-0.25, -0.2) is 0 Å². The number of likely N-dealkylation sites (N-methyl/N-ethyl adjacent to an activating group) is 1. The first-order valence-corrected chi connectivity index (χ1v) is 6.11. The first-order chi connectivity index (χ1) is 7.38. The molecule has 1 amide bonds. The van der Waals surface area contributed by atoms with Crippen LogP contribution in [0.2, 0.25) is 0 Å². The van der Waals surface area contributed by atoms with Crippen molar-refractivity contribution in [3.05, 3.63) is 0 Å². The van der Waals surface area contributed by atoms with Gasteiger partial charge in [-0.1, -0.05) is 6.92 Å². The van der Waals surface area contributed by atoms with Gasteiger partial charge in [-0.3, -0.25) is 4.79 Å². The second-order valence-corrected chi connectivity index (χ2v) is 5.20. The lowest BCUT2D eigenvalue weighted by molar-refractivity contribution is -0.136. The van der Waals surface area contributed by atoms with Crippen molar-refractivity contribution in [2.75, 3.05) is 19.6 Å². The average Bonchev–Trinajstić information content (AvgIpc) is 2.65. The summed E-state index contributed by atoms with van der Waals surface area (Å²) in [5, 5.41) is 12.7. The zero-order valence-electron chi connectivity index (χ0n) is 10.8. The zero-order chi connectivity index (χ0) is 12.3. The number of hydrogen-bond donors (Lipinski definition) is 2. The molecular formula is C12H24N2O2. The fourth-order valence-electron chi connectivity index (χ4n) is 2.28. The number of aliphatic hydroxyl groups is 1. The minimum Gasteiger partial charge on any atom is -0.393 e. The second-order valence-electron chi connectivity index (χ2n) is 5.20. The highest BCUT2D eigenvalue weighted by Crippen LogP contribution is 2.22. The summed E-state index contributed by atoms with van der Waals surface area (Å²) in [4.78, 5) is 14.1. The molecule has 1 aliphatic heterocycles. The Morgan fingerprint density at radius 2 is 2.25 bits per heavy atom. The van der Waals surface area contributed by atoms with E-state index in [0.717, 1.165) is 19.5 Å². The molecule has 0 spiro atoms. The number of nitrogens with zero attached hydrogens (tertiary/aromatic N) is 1. The largest absolute Gasteiger partial charge is 0.393 e. The standard InChI is InChI=1S/C12H24N2O2/c1-5-13-12(3,4)11(16)14-7-6-10(8-14)9(2)15/h9-10,13,15H,5-8H2,1-4H3. The second kappa shape index (κ2) is 5.15.